The van der Waals surface area contributed by atoms with Crippen molar-refractivity contribution in [1.29, 1.82) is 0 Å². The van der Waals surface area contributed by atoms with Crippen molar-refractivity contribution in [3.05, 3.63) is 30.1 Å². The Bertz CT molecular complexity index is 690. The quantitative estimate of drug-likeness (QED) is 0.434. The molecular weight excluding hydrogens is 332 g/mol. The molecule has 0 aliphatic rings. The van der Waals surface area contributed by atoms with Crippen LogP contribution in [-0.2, 0) is 16.1 Å². The average molecular weight is 352 g/mol. The molecule has 0 saturated carbocycles. The zero-order chi connectivity index (χ0) is 17.5. The largest absolute Gasteiger partial charge is 0.497 e. The molecule has 0 aliphatic heterocycles. The van der Waals surface area contributed by atoms with Crippen LogP contribution < -0.4 is 15.3 Å². The Morgan fingerprint density at radius 1 is 1.33 bits per heavy atom. The lowest BCUT2D eigenvalue weighted by molar-refractivity contribution is -0.144. The third-order valence-corrected chi connectivity index (χ3v) is 3.75. The number of methoxy groups -OCH3 is 1. The molecule has 24 heavy (non-hydrogen) atoms. The van der Waals surface area contributed by atoms with Crippen molar-refractivity contribution in [2.24, 2.45) is 0 Å². The molecule has 0 radical (unpaired) electrons. The highest BCUT2D eigenvalue weighted by molar-refractivity contribution is 7.99. The molecule has 0 bridgehead atoms. The van der Waals surface area contributed by atoms with Crippen LogP contribution >= 0.6 is 11.8 Å². The van der Waals surface area contributed by atoms with E-state index in [1.54, 1.807) is 33.1 Å². The van der Waals surface area contributed by atoms with E-state index in [9.17, 15) is 4.79 Å². The maximum atomic E-state index is 11.5. The van der Waals surface area contributed by atoms with E-state index in [1.807, 2.05) is 12.1 Å². The van der Waals surface area contributed by atoms with Crippen molar-refractivity contribution in [3.63, 3.8) is 0 Å². The van der Waals surface area contributed by atoms with Gasteiger partial charge in [0.1, 0.15) is 18.1 Å². The number of carbonyl (C=O) groups excluding carboxylic acids is 1. The van der Waals surface area contributed by atoms with Crippen molar-refractivity contribution in [3.8, 4) is 11.5 Å². The first-order valence-electron chi connectivity index (χ1n) is 7.28. The topological polar surface area (TPSA) is 101 Å². The minimum absolute atomic E-state index is 0.115. The van der Waals surface area contributed by atoms with Gasteiger partial charge < -0.3 is 20.1 Å². The standard InChI is InChI=1S/C15H20N4O4S/c1-10(2)23-14(20)9-24-15-18-17-13(19(15)16)8-22-12-6-4-5-11(7-12)21-3/h4-7,10H,8-9,16H2,1-3H3. The van der Waals surface area contributed by atoms with E-state index in [0.29, 0.717) is 22.5 Å². The van der Waals surface area contributed by atoms with Crippen LogP contribution in [0.5, 0.6) is 11.5 Å². The molecule has 0 spiro atoms. The summed E-state index contributed by atoms with van der Waals surface area (Å²) in [7, 11) is 1.59. The zero-order valence-electron chi connectivity index (χ0n) is 13.8. The number of nitrogens with two attached hydrogens (primary N) is 1. The Morgan fingerprint density at radius 2 is 2.08 bits per heavy atom. The van der Waals surface area contributed by atoms with Crippen molar-refractivity contribution in [1.82, 2.24) is 14.9 Å². The van der Waals surface area contributed by atoms with Gasteiger partial charge in [0.05, 0.1) is 19.0 Å². The molecule has 2 aromatic rings. The Kier molecular flexibility index (Phi) is 6.30. The molecule has 1 heterocycles. The van der Waals surface area contributed by atoms with Crippen LogP contribution in [-0.4, -0.2) is 39.8 Å². The zero-order valence-corrected chi connectivity index (χ0v) is 14.6. The highest BCUT2D eigenvalue weighted by atomic mass is 32.2. The molecule has 2 N–H and O–H groups in total. The monoisotopic (exact) mass is 352 g/mol. The van der Waals surface area contributed by atoms with Gasteiger partial charge in [-0.25, -0.2) is 4.68 Å². The second kappa shape index (κ2) is 8.44. The highest BCUT2D eigenvalue weighted by Gasteiger charge is 2.14. The van der Waals surface area contributed by atoms with Crippen LogP contribution in [0.15, 0.2) is 29.4 Å². The van der Waals surface area contributed by atoms with E-state index in [2.05, 4.69) is 10.2 Å². The molecule has 0 fully saturated rings. The second-order valence-electron chi connectivity index (χ2n) is 5.06. The summed E-state index contributed by atoms with van der Waals surface area (Å²) >= 11 is 1.16. The highest BCUT2D eigenvalue weighted by Crippen LogP contribution is 2.20. The first kappa shape index (κ1) is 17.9. The number of benzene rings is 1. The number of esters is 1. The lowest BCUT2D eigenvalue weighted by atomic mass is 10.3. The first-order chi connectivity index (χ1) is 11.5. The van der Waals surface area contributed by atoms with Crippen molar-refractivity contribution in [2.75, 3.05) is 18.7 Å². The van der Waals surface area contributed by atoms with Gasteiger partial charge in [0.25, 0.3) is 0 Å². The summed E-state index contributed by atoms with van der Waals surface area (Å²) in [6.07, 6.45) is -0.152. The second-order valence-corrected chi connectivity index (χ2v) is 6.01. The molecule has 1 aromatic heterocycles. The summed E-state index contributed by atoms with van der Waals surface area (Å²) in [6, 6.07) is 7.21. The summed E-state index contributed by atoms with van der Waals surface area (Å²) in [5.74, 6) is 7.48. The average Bonchev–Trinajstić information content (AvgIpc) is 2.91. The molecule has 8 nitrogen and oxygen atoms in total. The van der Waals surface area contributed by atoms with Crippen molar-refractivity contribution >= 4 is 17.7 Å². The maximum Gasteiger partial charge on any atom is 0.316 e. The number of thioether (sulfide) groups is 1. The van der Waals surface area contributed by atoms with Gasteiger partial charge in [-0.15, -0.1) is 10.2 Å². The van der Waals surface area contributed by atoms with E-state index >= 15 is 0 Å². The third kappa shape index (κ3) is 5.05. The van der Waals surface area contributed by atoms with Gasteiger partial charge in [-0.2, -0.15) is 0 Å². The lowest BCUT2D eigenvalue weighted by Crippen LogP contribution is -2.17. The van der Waals surface area contributed by atoms with Gasteiger partial charge in [-0.3, -0.25) is 4.79 Å². The number of aromatic nitrogens is 3. The van der Waals surface area contributed by atoms with Gasteiger partial charge >= 0.3 is 5.97 Å². The van der Waals surface area contributed by atoms with E-state index in [0.717, 1.165) is 11.8 Å². The fourth-order valence-electron chi connectivity index (χ4n) is 1.76. The van der Waals surface area contributed by atoms with E-state index in [-0.39, 0.29) is 24.4 Å². The fourth-order valence-corrected chi connectivity index (χ4v) is 2.42. The van der Waals surface area contributed by atoms with Crippen LogP contribution in [0.25, 0.3) is 0 Å². The van der Waals surface area contributed by atoms with Crippen LogP contribution in [0.4, 0.5) is 0 Å². The summed E-state index contributed by atoms with van der Waals surface area (Å²) < 4.78 is 17.1. The minimum Gasteiger partial charge on any atom is -0.497 e. The molecule has 0 amide bonds. The molecule has 0 saturated heterocycles. The summed E-state index contributed by atoms with van der Waals surface area (Å²) in [4.78, 5) is 11.5. The number of rotatable bonds is 8. The molecule has 0 atom stereocenters. The molecule has 1 aromatic carbocycles. The fraction of sp³-hybridized carbons (Fsp3) is 0.400. The maximum absolute atomic E-state index is 11.5. The number of nitrogen functional groups attached to an aromatic ring is 1. The van der Waals surface area contributed by atoms with Gasteiger partial charge in [0.2, 0.25) is 5.16 Å². The Balaban J connectivity index is 1.91. The van der Waals surface area contributed by atoms with Gasteiger partial charge in [-0.1, -0.05) is 17.8 Å². The van der Waals surface area contributed by atoms with Crippen LogP contribution in [0, 0.1) is 0 Å². The SMILES string of the molecule is COc1cccc(OCc2nnc(SCC(=O)OC(C)C)n2N)c1. The number of hydrogen-bond donors (Lipinski definition) is 1. The van der Waals surface area contributed by atoms with Crippen LogP contribution in [0.3, 0.4) is 0 Å². The predicted molar refractivity (Wildman–Crippen MR) is 89.5 cm³/mol. The Hall–Kier alpha value is -2.42. The molecule has 0 unspecified atom stereocenters. The summed E-state index contributed by atoms with van der Waals surface area (Å²) in [5, 5.41) is 8.34. The van der Waals surface area contributed by atoms with Crippen LogP contribution in [0.2, 0.25) is 0 Å². The number of nitrogens with zero attached hydrogens (tertiary/aromatic N) is 3. The third-order valence-electron chi connectivity index (χ3n) is 2.83. The van der Waals surface area contributed by atoms with Gasteiger partial charge in [0, 0.05) is 6.07 Å². The molecule has 0 aliphatic carbocycles. The number of carbonyl (C=O) groups is 1. The first-order valence-corrected chi connectivity index (χ1v) is 8.26. The number of ether oxygens (including phenoxy) is 3. The van der Waals surface area contributed by atoms with E-state index in [4.69, 9.17) is 20.1 Å². The molecule has 130 valence electrons. The van der Waals surface area contributed by atoms with Crippen molar-refractivity contribution < 1.29 is 19.0 Å². The Labute approximate surface area is 144 Å². The smallest absolute Gasteiger partial charge is 0.316 e. The van der Waals surface area contributed by atoms with E-state index in [1.165, 1.54) is 4.68 Å². The van der Waals surface area contributed by atoms with Crippen molar-refractivity contribution in [2.45, 2.75) is 31.7 Å². The molecule has 2 rings (SSSR count). The minimum atomic E-state index is -0.327. The molecular formula is C15H20N4O4S. The molecule has 9 heteroatoms. The predicted octanol–water partition coefficient (Wildman–Crippen LogP) is 1.62. The lowest BCUT2D eigenvalue weighted by Gasteiger charge is -2.08. The van der Waals surface area contributed by atoms with E-state index < -0.39 is 0 Å². The van der Waals surface area contributed by atoms with Gasteiger partial charge in [0.15, 0.2) is 5.82 Å². The summed E-state index contributed by atoms with van der Waals surface area (Å²) in [6.45, 7) is 3.73. The summed E-state index contributed by atoms with van der Waals surface area (Å²) in [5.41, 5.74) is 0. The number of hydrogen-bond acceptors (Lipinski definition) is 8. The van der Waals surface area contributed by atoms with Gasteiger partial charge in [-0.05, 0) is 26.0 Å². The Morgan fingerprint density at radius 3 is 2.79 bits per heavy atom. The normalized spacial score (nSPS) is 10.7. The van der Waals surface area contributed by atoms with Crippen LogP contribution in [0.1, 0.15) is 19.7 Å².